The summed E-state index contributed by atoms with van der Waals surface area (Å²) in [6.07, 6.45) is 4.16. The van der Waals surface area contributed by atoms with Gasteiger partial charge in [0.1, 0.15) is 5.69 Å². The molecular formula is C22H22N4O3S. The van der Waals surface area contributed by atoms with Gasteiger partial charge < -0.3 is 5.32 Å². The Bertz CT molecular complexity index is 1080. The maximum Gasteiger partial charge on any atom is 0.292 e. The van der Waals surface area contributed by atoms with Crippen LogP contribution < -0.4 is 5.32 Å². The molecule has 1 atom stereocenters. The van der Waals surface area contributed by atoms with Gasteiger partial charge in [-0.25, -0.2) is 4.98 Å². The van der Waals surface area contributed by atoms with Crippen LogP contribution in [-0.4, -0.2) is 25.6 Å². The topological polar surface area (TPSA) is 90.1 Å². The molecular weight excluding hydrogens is 400 g/mol. The molecule has 0 aliphatic heterocycles. The maximum atomic E-state index is 12.8. The molecule has 0 spiro atoms. The number of benzene rings is 2. The van der Waals surface area contributed by atoms with E-state index >= 15 is 0 Å². The molecule has 3 aromatic rings. The fourth-order valence-electron chi connectivity index (χ4n) is 3.62. The van der Waals surface area contributed by atoms with E-state index in [1.807, 2.05) is 30.3 Å². The number of thioether (sulfide) groups is 1. The van der Waals surface area contributed by atoms with Crippen LogP contribution in [0.1, 0.15) is 31.2 Å². The monoisotopic (exact) mass is 422 g/mol. The standard InChI is InChI=1S/C22H22N4O3S/c1-15(21(27)23-18-12-6-8-14-20(18)26(28)29)30-22-24-17-11-5-7-13-19(17)25(22)16-9-3-2-4-10-16/h2-4,6,8-10,12,14-15H,5,7,11,13H2,1H3,(H,23,27). The first-order valence-corrected chi connectivity index (χ1v) is 10.8. The molecule has 7 nitrogen and oxygen atoms in total. The molecule has 30 heavy (non-hydrogen) atoms. The number of anilines is 1. The van der Waals surface area contributed by atoms with Crippen LogP contribution in [-0.2, 0) is 17.6 Å². The van der Waals surface area contributed by atoms with E-state index in [4.69, 9.17) is 4.98 Å². The van der Waals surface area contributed by atoms with Crippen LogP contribution in [0.4, 0.5) is 11.4 Å². The number of hydrogen-bond donors (Lipinski definition) is 1. The van der Waals surface area contributed by atoms with Gasteiger partial charge in [0, 0.05) is 17.4 Å². The predicted octanol–water partition coefficient (Wildman–Crippen LogP) is 4.78. The average molecular weight is 423 g/mol. The molecule has 2 aromatic carbocycles. The van der Waals surface area contributed by atoms with Gasteiger partial charge >= 0.3 is 0 Å². The highest BCUT2D eigenvalue weighted by molar-refractivity contribution is 8.00. The second-order valence-electron chi connectivity index (χ2n) is 7.19. The third kappa shape index (κ3) is 4.09. The van der Waals surface area contributed by atoms with Gasteiger partial charge in [-0.3, -0.25) is 19.5 Å². The Morgan fingerprint density at radius 2 is 1.83 bits per heavy atom. The number of hydrogen-bond acceptors (Lipinski definition) is 5. The van der Waals surface area contributed by atoms with Crippen LogP contribution in [0.25, 0.3) is 5.69 Å². The highest BCUT2D eigenvalue weighted by Crippen LogP contribution is 2.33. The van der Waals surface area contributed by atoms with E-state index in [2.05, 4.69) is 9.88 Å². The number of nitro benzene ring substituents is 1. The number of amides is 1. The summed E-state index contributed by atoms with van der Waals surface area (Å²) in [5.41, 5.74) is 3.41. The Hall–Kier alpha value is -3.13. The van der Waals surface area contributed by atoms with Gasteiger partial charge in [-0.2, -0.15) is 0 Å². The summed E-state index contributed by atoms with van der Waals surface area (Å²) in [6, 6.07) is 16.2. The number of nitrogens with zero attached hydrogens (tertiary/aromatic N) is 3. The van der Waals surface area contributed by atoms with Gasteiger partial charge in [-0.15, -0.1) is 0 Å². The first kappa shape index (κ1) is 20.2. The number of nitrogens with one attached hydrogen (secondary N) is 1. The lowest BCUT2D eigenvalue weighted by molar-refractivity contribution is -0.383. The van der Waals surface area contributed by atoms with E-state index in [1.54, 1.807) is 19.1 Å². The lowest BCUT2D eigenvalue weighted by atomic mass is 10.0. The van der Waals surface area contributed by atoms with Crippen LogP contribution >= 0.6 is 11.8 Å². The molecule has 154 valence electrons. The van der Waals surface area contributed by atoms with Gasteiger partial charge in [-0.1, -0.05) is 42.1 Å². The molecule has 0 saturated heterocycles. The number of imidazole rings is 1. The summed E-state index contributed by atoms with van der Waals surface area (Å²) in [7, 11) is 0. The normalized spacial score (nSPS) is 14.0. The van der Waals surface area contributed by atoms with Crippen molar-refractivity contribution in [2.75, 3.05) is 5.32 Å². The number of carbonyl (C=O) groups excluding carboxylic acids is 1. The minimum atomic E-state index is -0.496. The van der Waals surface area contributed by atoms with Gasteiger partial charge in [0.05, 0.1) is 15.9 Å². The molecule has 1 heterocycles. The smallest absolute Gasteiger partial charge is 0.292 e. The minimum Gasteiger partial charge on any atom is -0.319 e. The van der Waals surface area contributed by atoms with Crippen molar-refractivity contribution >= 4 is 29.0 Å². The third-order valence-electron chi connectivity index (χ3n) is 5.13. The second-order valence-corrected chi connectivity index (χ2v) is 8.50. The Kier molecular flexibility index (Phi) is 5.85. The summed E-state index contributed by atoms with van der Waals surface area (Å²) in [5.74, 6) is -0.296. The molecule has 1 unspecified atom stereocenters. The zero-order valence-electron chi connectivity index (χ0n) is 16.6. The number of carbonyl (C=O) groups is 1. The number of fused-ring (bicyclic) bond motifs is 1. The average Bonchev–Trinajstić information content (AvgIpc) is 3.12. The van der Waals surface area contributed by atoms with E-state index in [0.29, 0.717) is 0 Å². The quantitative estimate of drug-likeness (QED) is 0.351. The van der Waals surface area contributed by atoms with E-state index in [0.717, 1.165) is 42.2 Å². The van der Waals surface area contributed by atoms with Crippen LogP contribution in [0.15, 0.2) is 59.8 Å². The van der Waals surface area contributed by atoms with Gasteiger partial charge in [0.15, 0.2) is 5.16 Å². The SMILES string of the molecule is CC(Sc1nc2c(n1-c1ccccc1)CCCC2)C(=O)Nc1ccccc1[N+](=O)[O-]. The van der Waals surface area contributed by atoms with Crippen molar-refractivity contribution in [2.45, 2.75) is 43.0 Å². The van der Waals surface area contributed by atoms with Crippen LogP contribution in [0.5, 0.6) is 0 Å². The first-order chi connectivity index (χ1) is 14.5. The first-order valence-electron chi connectivity index (χ1n) is 9.91. The maximum absolute atomic E-state index is 12.8. The Labute approximate surface area is 178 Å². The molecule has 1 aromatic heterocycles. The lowest BCUT2D eigenvalue weighted by Gasteiger charge is -2.16. The summed E-state index contributed by atoms with van der Waals surface area (Å²) < 4.78 is 2.15. The van der Waals surface area contributed by atoms with E-state index in [9.17, 15) is 14.9 Å². The summed E-state index contributed by atoms with van der Waals surface area (Å²) >= 11 is 1.37. The molecule has 4 rings (SSSR count). The highest BCUT2D eigenvalue weighted by Gasteiger charge is 2.25. The Morgan fingerprint density at radius 3 is 2.60 bits per heavy atom. The lowest BCUT2D eigenvalue weighted by Crippen LogP contribution is -2.23. The fraction of sp³-hybridized carbons (Fsp3) is 0.273. The molecule has 0 saturated carbocycles. The third-order valence-corrected chi connectivity index (χ3v) is 6.18. The fourth-order valence-corrected chi connectivity index (χ4v) is 4.59. The zero-order chi connectivity index (χ0) is 21.1. The van der Waals surface area contributed by atoms with Crippen LogP contribution in [0, 0.1) is 10.1 Å². The van der Waals surface area contributed by atoms with E-state index < -0.39 is 10.2 Å². The van der Waals surface area contributed by atoms with Gasteiger partial charge in [0.25, 0.3) is 5.69 Å². The van der Waals surface area contributed by atoms with Crippen molar-refractivity contribution in [2.24, 2.45) is 0 Å². The Balaban J connectivity index is 1.59. The zero-order valence-corrected chi connectivity index (χ0v) is 17.4. The summed E-state index contributed by atoms with van der Waals surface area (Å²) in [4.78, 5) is 28.3. The molecule has 0 fully saturated rings. The van der Waals surface area contributed by atoms with E-state index in [-0.39, 0.29) is 17.3 Å². The Morgan fingerprint density at radius 1 is 1.13 bits per heavy atom. The predicted molar refractivity (Wildman–Crippen MR) is 117 cm³/mol. The number of aromatic nitrogens is 2. The molecule has 1 amide bonds. The van der Waals surface area contributed by atoms with Gasteiger partial charge in [0.2, 0.25) is 5.91 Å². The van der Waals surface area contributed by atoms with Crippen molar-refractivity contribution in [3.05, 3.63) is 76.1 Å². The van der Waals surface area contributed by atoms with Crippen LogP contribution in [0.3, 0.4) is 0 Å². The number of rotatable bonds is 6. The molecule has 1 aliphatic carbocycles. The van der Waals surface area contributed by atoms with Crippen molar-refractivity contribution in [1.29, 1.82) is 0 Å². The molecule has 0 radical (unpaired) electrons. The summed E-state index contributed by atoms with van der Waals surface area (Å²) in [6.45, 7) is 1.79. The molecule has 0 bridgehead atoms. The van der Waals surface area contributed by atoms with Crippen LogP contribution in [0.2, 0.25) is 0 Å². The van der Waals surface area contributed by atoms with Crippen molar-refractivity contribution in [1.82, 2.24) is 9.55 Å². The largest absolute Gasteiger partial charge is 0.319 e. The van der Waals surface area contributed by atoms with Crippen molar-refractivity contribution in [3.8, 4) is 5.69 Å². The van der Waals surface area contributed by atoms with Gasteiger partial charge in [-0.05, 0) is 50.8 Å². The van der Waals surface area contributed by atoms with E-state index in [1.165, 1.54) is 29.6 Å². The molecule has 1 aliphatic rings. The second kappa shape index (κ2) is 8.71. The molecule has 8 heteroatoms. The minimum absolute atomic E-state index is 0.121. The highest BCUT2D eigenvalue weighted by atomic mass is 32.2. The van der Waals surface area contributed by atoms with Crippen molar-refractivity contribution in [3.63, 3.8) is 0 Å². The number of aryl methyl sites for hydroxylation is 1. The van der Waals surface area contributed by atoms with Crippen molar-refractivity contribution < 1.29 is 9.72 Å². The molecule has 1 N–H and O–H groups in total. The number of para-hydroxylation sites is 3. The summed E-state index contributed by atoms with van der Waals surface area (Å²) in [5, 5.41) is 14.2. The number of nitro groups is 1.